The second kappa shape index (κ2) is 13.9. The number of fused-ring (bicyclic) bond motifs is 7. The summed E-state index contributed by atoms with van der Waals surface area (Å²) in [5.74, 6) is 0. The molecule has 7 aromatic carbocycles. The molecule has 4 nitrogen and oxygen atoms in total. The van der Waals surface area contributed by atoms with Gasteiger partial charge >= 0.3 is 0 Å². The summed E-state index contributed by atoms with van der Waals surface area (Å²) in [6.45, 7) is 2.29. The molecule has 1 aliphatic heterocycles. The van der Waals surface area contributed by atoms with Crippen molar-refractivity contribution in [2.75, 3.05) is 0 Å². The van der Waals surface area contributed by atoms with Crippen molar-refractivity contribution in [1.82, 2.24) is 14.4 Å². The summed E-state index contributed by atoms with van der Waals surface area (Å²) in [5.41, 5.74) is 15.1. The molecule has 10 aromatic rings. The van der Waals surface area contributed by atoms with Crippen LogP contribution in [0.1, 0.15) is 36.5 Å². The fourth-order valence-corrected chi connectivity index (χ4v) is 8.75. The zero-order chi connectivity index (χ0) is 38.6. The van der Waals surface area contributed by atoms with Gasteiger partial charge in [-0.15, -0.1) is 0 Å². The highest BCUT2D eigenvalue weighted by atomic mass is 15.1. The van der Waals surface area contributed by atoms with Gasteiger partial charge in [-0.3, -0.25) is 9.39 Å². The van der Waals surface area contributed by atoms with Crippen LogP contribution in [0.25, 0.3) is 82.8 Å². The maximum absolute atomic E-state index is 5.60. The van der Waals surface area contributed by atoms with Gasteiger partial charge in [0.25, 0.3) is 0 Å². The van der Waals surface area contributed by atoms with E-state index in [9.17, 15) is 0 Å². The summed E-state index contributed by atoms with van der Waals surface area (Å²) in [6, 6.07) is 62.7. The smallest absolute Gasteiger partial charge is 0.165 e. The molecule has 0 saturated carbocycles. The Kier molecular flexibility index (Phi) is 8.14. The number of rotatable bonds is 5. The third-order valence-electron chi connectivity index (χ3n) is 11.7. The maximum atomic E-state index is 5.60. The third kappa shape index (κ3) is 5.81. The molecular weight excluding hydrogens is 705 g/mol. The number of benzene rings is 7. The molecule has 3 aromatic heterocycles. The first-order chi connectivity index (χ1) is 28.7. The SMILES string of the molecule is C\C1=C(c2cccc3ccccc23)/C=C(c2cccc(-c3ccc(-c4nc5c(nc6ccccn65)c5ccccc45)cc3)c2)\N=C(\c2cccc3ccccc23)CC1. The van der Waals surface area contributed by atoms with Gasteiger partial charge in [0.1, 0.15) is 11.2 Å². The quantitative estimate of drug-likeness (QED) is 0.176. The lowest BCUT2D eigenvalue weighted by atomic mass is 9.89. The van der Waals surface area contributed by atoms with E-state index in [0.29, 0.717) is 0 Å². The second-order valence-electron chi connectivity index (χ2n) is 15.2. The lowest BCUT2D eigenvalue weighted by Crippen LogP contribution is -2.06. The Balaban J connectivity index is 1.04. The van der Waals surface area contributed by atoms with E-state index in [1.807, 2.05) is 24.4 Å². The highest BCUT2D eigenvalue weighted by Crippen LogP contribution is 2.38. The van der Waals surface area contributed by atoms with Crippen LogP contribution < -0.4 is 0 Å². The van der Waals surface area contributed by atoms with E-state index in [4.69, 9.17) is 15.0 Å². The maximum Gasteiger partial charge on any atom is 0.165 e. The Morgan fingerprint density at radius 2 is 1.10 bits per heavy atom. The van der Waals surface area contributed by atoms with E-state index < -0.39 is 0 Å². The van der Waals surface area contributed by atoms with E-state index in [1.165, 1.54) is 43.8 Å². The van der Waals surface area contributed by atoms with Crippen LogP contribution in [-0.4, -0.2) is 20.1 Å². The molecule has 0 amide bonds. The van der Waals surface area contributed by atoms with E-state index >= 15 is 0 Å². The van der Waals surface area contributed by atoms with Gasteiger partial charge in [0, 0.05) is 39.4 Å². The van der Waals surface area contributed by atoms with Crippen LogP contribution in [0.3, 0.4) is 0 Å². The summed E-state index contributed by atoms with van der Waals surface area (Å²) in [5, 5.41) is 7.15. The molecule has 0 atom stereocenters. The zero-order valence-corrected chi connectivity index (χ0v) is 32.1. The van der Waals surface area contributed by atoms with Crippen molar-refractivity contribution in [2.24, 2.45) is 4.99 Å². The summed E-state index contributed by atoms with van der Waals surface area (Å²) in [4.78, 5) is 15.8. The first-order valence-electron chi connectivity index (χ1n) is 20.0. The highest BCUT2D eigenvalue weighted by Gasteiger charge is 2.19. The monoisotopic (exact) mass is 742 g/mol. The third-order valence-corrected chi connectivity index (χ3v) is 11.7. The van der Waals surface area contributed by atoms with Crippen LogP contribution >= 0.6 is 0 Å². The summed E-state index contributed by atoms with van der Waals surface area (Å²) in [6.07, 6.45) is 6.13. The Morgan fingerprint density at radius 3 is 1.90 bits per heavy atom. The molecule has 0 saturated heterocycles. The predicted molar refractivity (Wildman–Crippen MR) is 243 cm³/mol. The van der Waals surface area contributed by atoms with Crippen molar-refractivity contribution >= 4 is 66.1 Å². The first kappa shape index (κ1) is 33.9. The molecule has 0 unspecified atom stereocenters. The molecule has 0 N–H and O–H groups in total. The van der Waals surface area contributed by atoms with Gasteiger partial charge in [-0.25, -0.2) is 9.97 Å². The fraction of sp³-hybridized carbons (Fsp3) is 0.0556. The minimum Gasteiger partial charge on any atom is -0.284 e. The van der Waals surface area contributed by atoms with E-state index in [0.717, 1.165) is 79.8 Å². The number of aromatic nitrogens is 3. The molecule has 0 bridgehead atoms. The minimum atomic E-state index is 0.843. The standard InChI is InChI=1S/C54H38N4/c1-35-26-31-49(45-24-12-16-38-14-3-5-20-43(38)45)55-50(34-48(35)44-23-11-15-37-13-2-4-19-42(37)44)41-18-10-17-40(33-41)36-27-29-39(30-28-36)52-46-21-6-7-22-47(46)53-54(57-52)58-32-9-8-25-51(58)56-53/h2-25,27-30,32-34H,26,31H2,1H3/b48-35-,50-34-,55-49+. The van der Waals surface area contributed by atoms with Crippen molar-refractivity contribution in [3.05, 3.63) is 210 Å². The number of hydrogen-bond donors (Lipinski definition) is 0. The number of hydrogen-bond acceptors (Lipinski definition) is 3. The molecule has 274 valence electrons. The molecule has 0 fully saturated rings. The van der Waals surface area contributed by atoms with Crippen molar-refractivity contribution in [2.45, 2.75) is 19.8 Å². The van der Waals surface area contributed by atoms with Crippen LogP contribution in [0.5, 0.6) is 0 Å². The van der Waals surface area contributed by atoms with E-state index in [-0.39, 0.29) is 0 Å². The van der Waals surface area contributed by atoms with Gasteiger partial charge in [-0.2, -0.15) is 0 Å². The van der Waals surface area contributed by atoms with Crippen LogP contribution in [0.4, 0.5) is 0 Å². The number of imidazole rings is 1. The Labute approximate surface area is 336 Å². The molecule has 1 aliphatic rings. The number of allylic oxidation sites excluding steroid dienone is 3. The van der Waals surface area contributed by atoms with Gasteiger partial charge in [-0.05, 0) is 87.8 Å². The van der Waals surface area contributed by atoms with Gasteiger partial charge < -0.3 is 0 Å². The van der Waals surface area contributed by atoms with E-state index in [1.54, 1.807) is 0 Å². The highest BCUT2D eigenvalue weighted by molar-refractivity contribution is 6.14. The Hall–Kier alpha value is -7.43. The normalized spacial score (nSPS) is 16.6. The summed E-state index contributed by atoms with van der Waals surface area (Å²) in [7, 11) is 0. The lowest BCUT2D eigenvalue weighted by molar-refractivity contribution is 1.01. The topological polar surface area (TPSA) is 42.5 Å². The average Bonchev–Trinajstić information content (AvgIpc) is 3.66. The molecule has 0 radical (unpaired) electrons. The van der Waals surface area contributed by atoms with Gasteiger partial charge in [0.15, 0.2) is 5.65 Å². The number of pyridine rings is 2. The van der Waals surface area contributed by atoms with Crippen molar-refractivity contribution in [3.8, 4) is 22.4 Å². The predicted octanol–water partition coefficient (Wildman–Crippen LogP) is 13.8. The summed E-state index contributed by atoms with van der Waals surface area (Å²) >= 11 is 0. The van der Waals surface area contributed by atoms with E-state index in [2.05, 4.69) is 175 Å². The second-order valence-corrected chi connectivity index (χ2v) is 15.2. The molecule has 4 heterocycles. The number of aliphatic imine (C=N–C) groups is 1. The average molecular weight is 743 g/mol. The lowest BCUT2D eigenvalue weighted by Gasteiger charge is -2.19. The van der Waals surface area contributed by atoms with Crippen molar-refractivity contribution < 1.29 is 0 Å². The molecule has 0 spiro atoms. The molecule has 4 heteroatoms. The molecule has 0 aliphatic carbocycles. The molecule has 58 heavy (non-hydrogen) atoms. The van der Waals surface area contributed by atoms with Gasteiger partial charge in [0.2, 0.25) is 0 Å². The molecule has 11 rings (SSSR count). The largest absolute Gasteiger partial charge is 0.284 e. The van der Waals surface area contributed by atoms with Crippen molar-refractivity contribution in [3.63, 3.8) is 0 Å². The van der Waals surface area contributed by atoms with Crippen LogP contribution in [0, 0.1) is 0 Å². The van der Waals surface area contributed by atoms with Gasteiger partial charge in [0.05, 0.1) is 11.4 Å². The van der Waals surface area contributed by atoms with Crippen molar-refractivity contribution in [1.29, 1.82) is 0 Å². The van der Waals surface area contributed by atoms with Gasteiger partial charge in [-0.1, -0.05) is 163 Å². The van der Waals surface area contributed by atoms with Crippen LogP contribution in [-0.2, 0) is 0 Å². The van der Waals surface area contributed by atoms with Crippen LogP contribution in [0.2, 0.25) is 0 Å². The first-order valence-corrected chi connectivity index (χ1v) is 20.0. The zero-order valence-electron chi connectivity index (χ0n) is 32.1. The Morgan fingerprint density at radius 1 is 0.483 bits per heavy atom. The molecular formula is C54H38N4. The minimum absolute atomic E-state index is 0.843. The van der Waals surface area contributed by atoms with Crippen LogP contribution in [0.15, 0.2) is 199 Å². The Bertz CT molecular complexity index is 3330. The summed E-state index contributed by atoms with van der Waals surface area (Å²) < 4.78 is 2.08. The fourth-order valence-electron chi connectivity index (χ4n) is 8.75. The number of nitrogens with zero attached hydrogens (tertiary/aromatic N) is 4.